The summed E-state index contributed by atoms with van der Waals surface area (Å²) in [5.41, 5.74) is -0.885. The molecule has 43 heavy (non-hydrogen) atoms. The van der Waals surface area contributed by atoms with Gasteiger partial charge < -0.3 is 29.5 Å². The summed E-state index contributed by atoms with van der Waals surface area (Å²) in [6, 6.07) is 19.9. The molecule has 3 aliphatic heterocycles. The minimum absolute atomic E-state index is 0.0688. The van der Waals surface area contributed by atoms with Crippen molar-refractivity contribution < 1.29 is 47.0 Å². The molecule has 0 aliphatic carbocycles. The van der Waals surface area contributed by atoms with Crippen LogP contribution in [0.1, 0.15) is 33.6 Å². The number of hydrogen-bond donors (Lipinski definition) is 2. The summed E-state index contributed by atoms with van der Waals surface area (Å²) in [6.07, 6.45) is -3.52. The molecule has 230 valence electrons. The Labute approximate surface area is 258 Å². The molecule has 0 spiro atoms. The molecule has 0 saturated carbocycles. The number of thiophene rings is 1. The third-order valence-corrected chi connectivity index (χ3v) is 9.74. The van der Waals surface area contributed by atoms with E-state index in [1.54, 1.807) is 24.3 Å². The Kier molecular flexibility index (Phi) is 10.3. The first-order valence-electron chi connectivity index (χ1n) is 13.5. The number of carboxylic acids is 1. The second-order valence-corrected chi connectivity index (χ2v) is 12.3. The number of nitrogens with zero attached hydrogens (tertiary/aromatic N) is 1. The standard InChI is InChI=1S/C28H29BrN2O4S.C2HF3O2/c29-23-13-18-36-25(23)26(32)30-14-17-31-15-11-20(12-16-31)24(19-31)35-27(33)28(34,21-7-3-1-4-8-21)22-9-5-2-6-10-22;3-2(4,5)1(6)7/h1-10,13,18,20,24,34H,11-12,14-17,19H2;(H,6,7)/t20?,24-,31?;/m0./s1. The topological polar surface area (TPSA) is 116 Å². The van der Waals surface area contributed by atoms with Crippen LogP contribution < -0.4 is 10.4 Å². The number of halogens is 4. The first kappa shape index (κ1) is 32.6. The molecular formula is C30H30BrF3N2O6S. The number of nitrogens with one attached hydrogen (secondary N) is 1. The molecule has 1 amide bonds. The summed E-state index contributed by atoms with van der Waals surface area (Å²) in [6.45, 7) is 4.08. The smallest absolute Gasteiger partial charge is 0.430 e. The van der Waals surface area contributed by atoms with E-state index < -0.39 is 23.7 Å². The van der Waals surface area contributed by atoms with Gasteiger partial charge >= 0.3 is 12.1 Å². The highest BCUT2D eigenvalue weighted by atomic mass is 79.9. The molecule has 2 aromatic carbocycles. The molecule has 2 bridgehead atoms. The number of ether oxygens (including phenoxy) is 1. The highest BCUT2D eigenvalue weighted by Crippen LogP contribution is 2.38. The van der Waals surface area contributed by atoms with E-state index in [1.165, 1.54) is 11.3 Å². The van der Waals surface area contributed by atoms with Gasteiger partial charge in [-0.15, -0.1) is 11.3 Å². The monoisotopic (exact) mass is 682 g/mol. The molecule has 6 rings (SSSR count). The minimum atomic E-state index is -5.19. The van der Waals surface area contributed by atoms with Crippen LogP contribution in [0.15, 0.2) is 76.6 Å². The molecule has 8 nitrogen and oxygen atoms in total. The maximum atomic E-state index is 13.6. The molecule has 4 heterocycles. The number of quaternary nitrogens is 1. The fraction of sp³-hybridized carbons (Fsp3) is 0.367. The number of aliphatic carboxylic acids is 1. The van der Waals surface area contributed by atoms with Gasteiger partial charge in [0.2, 0.25) is 5.60 Å². The minimum Gasteiger partial charge on any atom is -0.542 e. The Bertz CT molecular complexity index is 1370. The second kappa shape index (κ2) is 13.6. The zero-order chi connectivity index (χ0) is 31.3. The fourth-order valence-corrected chi connectivity index (χ4v) is 7.06. The molecule has 3 aromatic rings. The number of carbonyl (C=O) groups excluding carboxylic acids is 3. The summed E-state index contributed by atoms with van der Waals surface area (Å²) in [5, 5.41) is 25.5. The van der Waals surface area contributed by atoms with E-state index in [0.29, 0.717) is 35.0 Å². The molecule has 1 aromatic heterocycles. The van der Waals surface area contributed by atoms with Crippen LogP contribution in [0.4, 0.5) is 13.2 Å². The van der Waals surface area contributed by atoms with Crippen LogP contribution in [0.2, 0.25) is 0 Å². The Morgan fingerprint density at radius 1 is 1.00 bits per heavy atom. The zero-order valence-corrected chi connectivity index (χ0v) is 25.3. The van der Waals surface area contributed by atoms with Gasteiger partial charge in [0.15, 0.2) is 6.10 Å². The number of aliphatic hydroxyl groups is 1. The summed E-state index contributed by atoms with van der Waals surface area (Å²) in [4.78, 5) is 35.6. The van der Waals surface area contributed by atoms with Crippen molar-refractivity contribution in [3.8, 4) is 0 Å². The van der Waals surface area contributed by atoms with Crippen molar-refractivity contribution in [3.05, 3.63) is 92.6 Å². The summed E-state index contributed by atoms with van der Waals surface area (Å²) >= 11 is 4.84. The second-order valence-electron chi connectivity index (χ2n) is 10.6. The number of amides is 1. The predicted molar refractivity (Wildman–Crippen MR) is 154 cm³/mol. The lowest BCUT2D eigenvalue weighted by molar-refractivity contribution is -0.945. The lowest BCUT2D eigenvalue weighted by atomic mass is 9.82. The quantitative estimate of drug-likeness (QED) is 0.277. The van der Waals surface area contributed by atoms with E-state index in [-0.39, 0.29) is 12.0 Å². The number of alkyl halides is 3. The van der Waals surface area contributed by atoms with Crippen molar-refractivity contribution in [2.24, 2.45) is 5.92 Å². The molecule has 0 unspecified atom stereocenters. The molecule has 0 radical (unpaired) electrons. The van der Waals surface area contributed by atoms with Gasteiger partial charge in [-0.25, -0.2) is 4.79 Å². The number of benzene rings is 2. The third-order valence-electron chi connectivity index (χ3n) is 7.91. The van der Waals surface area contributed by atoms with Crippen molar-refractivity contribution in [3.63, 3.8) is 0 Å². The third kappa shape index (κ3) is 7.64. The van der Waals surface area contributed by atoms with Crippen LogP contribution in [0.3, 0.4) is 0 Å². The van der Waals surface area contributed by atoms with Crippen molar-refractivity contribution >= 4 is 45.1 Å². The van der Waals surface area contributed by atoms with Crippen molar-refractivity contribution in [2.75, 3.05) is 32.7 Å². The van der Waals surface area contributed by atoms with Crippen LogP contribution in [0.25, 0.3) is 0 Å². The molecule has 3 fully saturated rings. The van der Waals surface area contributed by atoms with Gasteiger partial charge in [-0.1, -0.05) is 60.7 Å². The number of hydrogen-bond acceptors (Lipinski definition) is 7. The van der Waals surface area contributed by atoms with Crippen LogP contribution in [-0.4, -0.2) is 72.4 Å². The van der Waals surface area contributed by atoms with Crippen LogP contribution in [-0.2, 0) is 19.9 Å². The van der Waals surface area contributed by atoms with E-state index in [1.807, 2.05) is 47.8 Å². The molecule has 3 saturated heterocycles. The maximum Gasteiger partial charge on any atom is 0.430 e. The Morgan fingerprint density at radius 2 is 1.53 bits per heavy atom. The molecule has 1 atom stereocenters. The van der Waals surface area contributed by atoms with Gasteiger partial charge in [-0.05, 0) is 38.5 Å². The van der Waals surface area contributed by atoms with Gasteiger partial charge in [0.1, 0.15) is 17.4 Å². The SMILES string of the molecule is O=C(NCC[N+]12CCC(CC1)[C@@H](OC(=O)C(O)(c1ccccc1)c1ccccc1)C2)c1sccc1Br.O=C([O-])C(F)(F)F. The first-order valence-corrected chi connectivity index (χ1v) is 15.2. The molecule has 13 heteroatoms. The van der Waals surface area contributed by atoms with Crippen LogP contribution >= 0.6 is 27.3 Å². The molecule has 2 N–H and O–H groups in total. The van der Waals surface area contributed by atoms with E-state index in [9.17, 15) is 27.9 Å². The number of rotatable bonds is 8. The maximum absolute atomic E-state index is 13.6. The Hall–Kier alpha value is -3.26. The van der Waals surface area contributed by atoms with Crippen molar-refractivity contribution in [1.29, 1.82) is 0 Å². The number of piperidine rings is 3. The predicted octanol–water partition coefficient (Wildman–Crippen LogP) is 3.63. The molecule has 3 aliphatic rings. The average molecular weight is 684 g/mol. The van der Waals surface area contributed by atoms with Gasteiger partial charge in [0.25, 0.3) is 5.91 Å². The largest absolute Gasteiger partial charge is 0.542 e. The number of carboxylic acid groups (broad SMARTS) is 1. The van der Waals surface area contributed by atoms with Crippen molar-refractivity contribution in [1.82, 2.24) is 5.32 Å². The van der Waals surface area contributed by atoms with Crippen molar-refractivity contribution in [2.45, 2.75) is 30.7 Å². The number of esters is 1. The first-order chi connectivity index (χ1) is 20.4. The van der Waals surface area contributed by atoms with E-state index in [0.717, 1.165) is 41.4 Å². The highest BCUT2D eigenvalue weighted by Gasteiger charge is 2.50. The van der Waals surface area contributed by atoms with E-state index in [2.05, 4.69) is 21.2 Å². The molecular weight excluding hydrogens is 653 g/mol. The average Bonchev–Trinajstić information content (AvgIpc) is 3.43. The number of carbonyl (C=O) groups is 3. The normalized spacial score (nSPS) is 21.3. The Morgan fingerprint density at radius 3 is 2.00 bits per heavy atom. The summed E-state index contributed by atoms with van der Waals surface area (Å²) in [7, 11) is 0. The number of fused-ring (bicyclic) bond motifs is 3. The van der Waals surface area contributed by atoms with Gasteiger partial charge in [-0.2, -0.15) is 13.2 Å². The van der Waals surface area contributed by atoms with Crippen LogP contribution in [0.5, 0.6) is 0 Å². The fourth-order valence-electron chi connectivity index (χ4n) is 5.60. The van der Waals surface area contributed by atoms with Gasteiger partial charge in [0.05, 0.1) is 26.2 Å². The van der Waals surface area contributed by atoms with E-state index >= 15 is 0 Å². The van der Waals surface area contributed by atoms with Gasteiger partial charge in [-0.3, -0.25) is 4.79 Å². The lowest BCUT2D eigenvalue weighted by Gasteiger charge is -2.52. The van der Waals surface area contributed by atoms with Gasteiger partial charge in [0, 0.05) is 23.2 Å². The lowest BCUT2D eigenvalue weighted by Crippen LogP contribution is -2.66. The summed E-state index contributed by atoms with van der Waals surface area (Å²) < 4.78 is 39.3. The van der Waals surface area contributed by atoms with Crippen LogP contribution in [0, 0.1) is 5.92 Å². The van der Waals surface area contributed by atoms with E-state index in [4.69, 9.17) is 14.6 Å². The summed E-state index contributed by atoms with van der Waals surface area (Å²) in [5.74, 6) is -3.41. The highest BCUT2D eigenvalue weighted by molar-refractivity contribution is 9.10. The Balaban J connectivity index is 0.000000541. The zero-order valence-electron chi connectivity index (χ0n) is 22.9.